The Kier molecular flexibility index (Phi) is 7.72. The van der Waals surface area contributed by atoms with Gasteiger partial charge in [0.15, 0.2) is 6.04 Å². The maximum atomic E-state index is 13.2. The van der Waals surface area contributed by atoms with Crippen molar-refractivity contribution in [2.45, 2.75) is 38.8 Å². The second kappa shape index (κ2) is 10.7. The normalized spacial score (nSPS) is 12.4. The minimum Gasteiger partial charge on any atom is -0.458 e. The maximum absolute atomic E-state index is 13.2. The number of carbonyl (C=O) groups excluding carboxylic acids is 1. The molecule has 0 saturated heterocycles. The Hall–Kier alpha value is -3.53. The van der Waals surface area contributed by atoms with Crippen LogP contribution in [0.15, 0.2) is 96.0 Å². The van der Waals surface area contributed by atoms with Crippen LogP contribution in [0.25, 0.3) is 6.08 Å². The molecule has 0 aliphatic rings. The van der Waals surface area contributed by atoms with Crippen LogP contribution in [0.4, 0.5) is 4.39 Å². The van der Waals surface area contributed by atoms with Crippen LogP contribution >= 0.6 is 0 Å². The van der Waals surface area contributed by atoms with Crippen molar-refractivity contribution in [3.8, 4) is 0 Å². The molecule has 3 aromatic carbocycles. The van der Waals surface area contributed by atoms with Crippen molar-refractivity contribution in [3.63, 3.8) is 0 Å². The zero-order valence-electron chi connectivity index (χ0n) is 18.7. The van der Waals surface area contributed by atoms with Crippen molar-refractivity contribution >= 4 is 17.8 Å². The smallest absolute Gasteiger partial charge is 0.331 e. The third kappa shape index (κ3) is 7.02. The van der Waals surface area contributed by atoms with Gasteiger partial charge >= 0.3 is 5.97 Å². The van der Waals surface area contributed by atoms with Gasteiger partial charge in [0.25, 0.3) is 0 Å². The SMILES string of the molecule is CC(C)(C)OC(=O)[C@H](C/C=C/c1ccc(F)cc1)N=C(c1ccccc1)c1ccccc1. The summed E-state index contributed by atoms with van der Waals surface area (Å²) in [6.45, 7) is 5.53. The highest BCUT2D eigenvalue weighted by Crippen LogP contribution is 2.18. The van der Waals surface area contributed by atoms with E-state index in [0.29, 0.717) is 6.42 Å². The molecule has 0 spiro atoms. The van der Waals surface area contributed by atoms with Gasteiger partial charge in [0.1, 0.15) is 11.4 Å². The molecule has 0 fully saturated rings. The Morgan fingerprint density at radius 2 is 1.44 bits per heavy atom. The van der Waals surface area contributed by atoms with E-state index in [-0.39, 0.29) is 11.8 Å². The van der Waals surface area contributed by atoms with Gasteiger partial charge in [-0.25, -0.2) is 9.18 Å². The predicted octanol–water partition coefficient (Wildman–Crippen LogP) is 6.48. The number of benzene rings is 3. The lowest BCUT2D eigenvalue weighted by Crippen LogP contribution is -2.31. The highest BCUT2D eigenvalue weighted by molar-refractivity contribution is 6.13. The summed E-state index contributed by atoms with van der Waals surface area (Å²) in [7, 11) is 0. The van der Waals surface area contributed by atoms with Gasteiger partial charge in [-0.1, -0.05) is 84.9 Å². The van der Waals surface area contributed by atoms with Gasteiger partial charge in [0.2, 0.25) is 0 Å². The first kappa shape index (κ1) is 23.1. The molecule has 0 bridgehead atoms. The molecule has 0 aliphatic carbocycles. The van der Waals surface area contributed by atoms with E-state index in [1.807, 2.05) is 93.6 Å². The molecule has 0 aromatic heterocycles. The second-order valence-electron chi connectivity index (χ2n) is 8.45. The number of ether oxygens (including phenoxy) is 1. The second-order valence-corrected chi connectivity index (χ2v) is 8.45. The standard InChI is InChI=1S/C28H28FNO2/c1-28(2,3)32-27(31)25(16-10-11-21-17-19-24(29)20-18-21)30-26(22-12-6-4-7-13-22)23-14-8-5-9-15-23/h4-15,17-20,25H,16H2,1-3H3/b11-10+/t25-/m0/s1. The fourth-order valence-corrected chi connectivity index (χ4v) is 3.14. The van der Waals surface area contributed by atoms with Crippen LogP contribution in [-0.4, -0.2) is 23.3 Å². The van der Waals surface area contributed by atoms with E-state index in [9.17, 15) is 9.18 Å². The molecule has 0 heterocycles. The van der Waals surface area contributed by atoms with Crippen LogP contribution < -0.4 is 0 Å². The van der Waals surface area contributed by atoms with Gasteiger partial charge in [-0.3, -0.25) is 4.99 Å². The highest BCUT2D eigenvalue weighted by Gasteiger charge is 2.25. The van der Waals surface area contributed by atoms with Crippen molar-refractivity contribution in [3.05, 3.63) is 114 Å². The molecular formula is C28H28FNO2. The Labute approximate surface area is 189 Å². The molecule has 0 radical (unpaired) electrons. The summed E-state index contributed by atoms with van der Waals surface area (Å²) in [4.78, 5) is 17.9. The van der Waals surface area contributed by atoms with Crippen LogP contribution in [0.2, 0.25) is 0 Å². The number of carbonyl (C=O) groups is 1. The number of aliphatic imine (C=N–C) groups is 1. The largest absolute Gasteiger partial charge is 0.458 e. The molecule has 3 rings (SSSR count). The molecule has 0 unspecified atom stereocenters. The summed E-state index contributed by atoms with van der Waals surface area (Å²) in [5, 5.41) is 0. The molecule has 0 aliphatic heterocycles. The minimum absolute atomic E-state index is 0.284. The van der Waals surface area contributed by atoms with Gasteiger partial charge in [0, 0.05) is 11.1 Å². The molecular weight excluding hydrogens is 401 g/mol. The van der Waals surface area contributed by atoms with Crippen molar-refractivity contribution in [2.75, 3.05) is 0 Å². The quantitative estimate of drug-likeness (QED) is 0.319. The number of esters is 1. The van der Waals surface area contributed by atoms with Gasteiger partial charge < -0.3 is 4.74 Å². The van der Waals surface area contributed by atoms with Crippen LogP contribution in [0.3, 0.4) is 0 Å². The lowest BCUT2D eigenvalue weighted by atomic mass is 10.0. The van der Waals surface area contributed by atoms with Crippen molar-refractivity contribution in [1.29, 1.82) is 0 Å². The molecule has 3 aromatic rings. The van der Waals surface area contributed by atoms with Gasteiger partial charge in [0.05, 0.1) is 5.71 Å². The molecule has 32 heavy (non-hydrogen) atoms. The third-order valence-electron chi connectivity index (χ3n) is 4.60. The fraction of sp³-hybridized carbons (Fsp3) is 0.214. The van der Waals surface area contributed by atoms with Crippen LogP contribution in [0, 0.1) is 5.82 Å². The van der Waals surface area contributed by atoms with Crippen molar-refractivity contribution in [1.82, 2.24) is 0 Å². The maximum Gasteiger partial charge on any atom is 0.331 e. The molecule has 0 amide bonds. The average molecular weight is 430 g/mol. The van der Waals surface area contributed by atoms with Crippen LogP contribution in [-0.2, 0) is 9.53 Å². The Morgan fingerprint density at radius 3 is 1.94 bits per heavy atom. The van der Waals surface area contributed by atoms with E-state index in [1.54, 1.807) is 12.1 Å². The first-order valence-corrected chi connectivity index (χ1v) is 10.7. The Morgan fingerprint density at radius 1 is 0.906 bits per heavy atom. The van der Waals surface area contributed by atoms with Crippen LogP contribution in [0.1, 0.15) is 43.9 Å². The Balaban J connectivity index is 1.96. The van der Waals surface area contributed by atoms with E-state index in [0.717, 1.165) is 22.4 Å². The molecule has 0 N–H and O–H groups in total. The fourth-order valence-electron chi connectivity index (χ4n) is 3.14. The molecule has 3 nitrogen and oxygen atoms in total. The zero-order valence-corrected chi connectivity index (χ0v) is 18.7. The third-order valence-corrected chi connectivity index (χ3v) is 4.60. The summed E-state index contributed by atoms with van der Waals surface area (Å²) in [6, 6.07) is 25.1. The number of nitrogens with zero attached hydrogens (tertiary/aromatic N) is 1. The summed E-state index contributed by atoms with van der Waals surface area (Å²) < 4.78 is 18.8. The highest BCUT2D eigenvalue weighted by atomic mass is 19.1. The molecule has 1 atom stereocenters. The van der Waals surface area contributed by atoms with E-state index in [2.05, 4.69) is 0 Å². The zero-order chi connectivity index (χ0) is 23.0. The van der Waals surface area contributed by atoms with Crippen LogP contribution in [0.5, 0.6) is 0 Å². The number of rotatable bonds is 7. The van der Waals surface area contributed by atoms with Crippen molar-refractivity contribution in [2.24, 2.45) is 4.99 Å². The lowest BCUT2D eigenvalue weighted by Gasteiger charge is -2.22. The number of halogens is 1. The predicted molar refractivity (Wildman–Crippen MR) is 128 cm³/mol. The summed E-state index contributed by atoms with van der Waals surface area (Å²) >= 11 is 0. The molecule has 0 saturated carbocycles. The van der Waals surface area contributed by atoms with E-state index < -0.39 is 11.6 Å². The lowest BCUT2D eigenvalue weighted by molar-refractivity contribution is -0.156. The first-order chi connectivity index (χ1) is 15.3. The summed E-state index contributed by atoms with van der Waals surface area (Å²) in [5.41, 5.74) is 2.82. The first-order valence-electron chi connectivity index (χ1n) is 10.7. The van der Waals surface area contributed by atoms with E-state index in [1.165, 1.54) is 12.1 Å². The van der Waals surface area contributed by atoms with Gasteiger partial charge in [-0.05, 0) is 44.9 Å². The van der Waals surface area contributed by atoms with Gasteiger partial charge in [-0.2, -0.15) is 0 Å². The Bertz CT molecular complexity index is 1020. The van der Waals surface area contributed by atoms with Gasteiger partial charge in [-0.15, -0.1) is 0 Å². The summed E-state index contributed by atoms with van der Waals surface area (Å²) in [6.07, 6.45) is 4.09. The number of hydrogen-bond acceptors (Lipinski definition) is 3. The monoisotopic (exact) mass is 429 g/mol. The topological polar surface area (TPSA) is 38.7 Å². The molecule has 164 valence electrons. The molecule has 4 heteroatoms. The van der Waals surface area contributed by atoms with Crippen molar-refractivity contribution < 1.29 is 13.9 Å². The minimum atomic E-state index is -0.721. The van der Waals surface area contributed by atoms with E-state index >= 15 is 0 Å². The number of hydrogen-bond donors (Lipinski definition) is 0. The van der Waals surface area contributed by atoms with E-state index in [4.69, 9.17) is 9.73 Å². The summed E-state index contributed by atoms with van der Waals surface area (Å²) in [5.74, 6) is -0.667. The average Bonchev–Trinajstić information content (AvgIpc) is 2.77.